The van der Waals surface area contributed by atoms with E-state index in [1.165, 1.54) is 12.4 Å². The second-order valence-electron chi connectivity index (χ2n) is 1.91. The van der Waals surface area contributed by atoms with Crippen LogP contribution in [0.1, 0.15) is 16.2 Å². The number of hydrogen-bond acceptors (Lipinski definition) is 4. The highest BCUT2D eigenvalue weighted by atomic mass is 35.5. The lowest BCUT2D eigenvalue weighted by Crippen LogP contribution is -2.02. The highest BCUT2D eigenvalue weighted by molar-refractivity contribution is 6.15. The van der Waals surface area contributed by atoms with E-state index in [9.17, 15) is 4.79 Å². The van der Waals surface area contributed by atoms with Crippen molar-refractivity contribution in [2.45, 2.75) is 6.92 Å². The van der Waals surface area contributed by atoms with Crippen molar-refractivity contribution in [1.29, 1.82) is 0 Å². The minimum atomic E-state index is -0.695. The number of rotatable bonds is 1. The first kappa shape index (κ1) is 7.94. The fourth-order valence-corrected chi connectivity index (χ4v) is 0.617. The van der Waals surface area contributed by atoms with Gasteiger partial charge in [-0.15, -0.1) is 0 Å². The van der Waals surface area contributed by atoms with Crippen LogP contribution in [0.15, 0.2) is 12.4 Å². The van der Waals surface area contributed by atoms with E-state index in [4.69, 9.17) is 11.9 Å². The largest absolute Gasteiger partial charge is 0.376 e. The SMILES string of the molecule is Cc1cnc(C(=O)OCl)cn1. The Hall–Kier alpha value is -1.16. The lowest BCUT2D eigenvalue weighted by Gasteiger charge is -1.93. The molecule has 4 nitrogen and oxygen atoms in total. The van der Waals surface area contributed by atoms with Crippen molar-refractivity contribution in [3.8, 4) is 0 Å². The predicted molar refractivity (Wildman–Crippen MR) is 38.0 cm³/mol. The van der Waals surface area contributed by atoms with Crippen molar-refractivity contribution in [3.05, 3.63) is 23.8 Å². The van der Waals surface area contributed by atoms with Crippen LogP contribution in [0.2, 0.25) is 0 Å². The van der Waals surface area contributed by atoms with Gasteiger partial charge in [0.05, 0.1) is 11.9 Å². The van der Waals surface area contributed by atoms with Gasteiger partial charge in [0.1, 0.15) is 11.9 Å². The van der Waals surface area contributed by atoms with Crippen LogP contribution in [-0.4, -0.2) is 15.9 Å². The number of carbonyl (C=O) groups excluding carboxylic acids is 1. The maximum Gasteiger partial charge on any atom is 0.376 e. The number of carbonyl (C=O) groups is 1. The fraction of sp³-hybridized carbons (Fsp3) is 0.167. The maximum atomic E-state index is 10.7. The van der Waals surface area contributed by atoms with E-state index in [0.29, 0.717) is 0 Å². The molecule has 0 aromatic carbocycles. The Kier molecular flexibility index (Phi) is 2.38. The lowest BCUT2D eigenvalue weighted by molar-refractivity contribution is 0.0744. The van der Waals surface area contributed by atoms with Crippen molar-refractivity contribution in [3.63, 3.8) is 0 Å². The fourth-order valence-electron chi connectivity index (χ4n) is 0.538. The van der Waals surface area contributed by atoms with Crippen molar-refractivity contribution in [2.75, 3.05) is 0 Å². The molecule has 1 aromatic heterocycles. The zero-order valence-corrected chi connectivity index (χ0v) is 6.50. The molecule has 0 radical (unpaired) electrons. The first-order valence-corrected chi connectivity index (χ1v) is 3.16. The number of aryl methyl sites for hydroxylation is 1. The van der Waals surface area contributed by atoms with Gasteiger partial charge in [-0.25, -0.2) is 9.78 Å². The van der Waals surface area contributed by atoms with Crippen LogP contribution in [-0.2, 0) is 4.29 Å². The summed E-state index contributed by atoms with van der Waals surface area (Å²) in [6, 6.07) is 0. The quantitative estimate of drug-likeness (QED) is 0.637. The summed E-state index contributed by atoms with van der Waals surface area (Å²) in [6.45, 7) is 1.77. The molecular weight excluding hydrogens is 168 g/mol. The monoisotopic (exact) mass is 172 g/mol. The van der Waals surface area contributed by atoms with Crippen LogP contribution >= 0.6 is 11.9 Å². The highest BCUT2D eigenvalue weighted by Crippen LogP contribution is 1.97. The summed E-state index contributed by atoms with van der Waals surface area (Å²) in [4.78, 5) is 18.2. The van der Waals surface area contributed by atoms with Crippen LogP contribution in [0, 0.1) is 6.92 Å². The molecule has 1 rings (SSSR count). The topological polar surface area (TPSA) is 52.1 Å². The number of nitrogens with zero attached hydrogens (tertiary/aromatic N) is 2. The minimum absolute atomic E-state index is 0.102. The summed E-state index contributed by atoms with van der Waals surface area (Å²) < 4.78 is 3.91. The molecule has 0 aliphatic rings. The Balaban J connectivity index is 2.90. The smallest absolute Gasteiger partial charge is 0.342 e. The molecule has 1 aromatic rings. The number of halogens is 1. The van der Waals surface area contributed by atoms with Gasteiger partial charge in [-0.05, 0) is 6.92 Å². The molecule has 1 heterocycles. The second kappa shape index (κ2) is 3.30. The Morgan fingerprint density at radius 2 is 2.27 bits per heavy atom. The first-order chi connectivity index (χ1) is 5.24. The molecule has 0 spiro atoms. The van der Waals surface area contributed by atoms with Gasteiger partial charge in [0.2, 0.25) is 0 Å². The molecular formula is C6H5ClN2O2. The molecule has 0 N–H and O–H groups in total. The zero-order chi connectivity index (χ0) is 8.27. The first-order valence-electron chi connectivity index (χ1n) is 2.85. The molecule has 0 amide bonds. The van der Waals surface area contributed by atoms with Gasteiger partial charge in [0.15, 0.2) is 5.69 Å². The Morgan fingerprint density at radius 1 is 1.55 bits per heavy atom. The van der Waals surface area contributed by atoms with Gasteiger partial charge < -0.3 is 4.29 Å². The molecule has 0 unspecified atom stereocenters. The Labute approximate surface area is 68.4 Å². The van der Waals surface area contributed by atoms with Crippen LogP contribution in [0.3, 0.4) is 0 Å². The third-order valence-corrected chi connectivity index (χ3v) is 1.20. The second-order valence-corrected chi connectivity index (χ2v) is 2.06. The van der Waals surface area contributed by atoms with Crippen molar-refractivity contribution < 1.29 is 9.08 Å². The maximum absolute atomic E-state index is 10.7. The Morgan fingerprint density at radius 3 is 2.73 bits per heavy atom. The molecule has 0 saturated heterocycles. The standard InChI is InChI=1S/C6H5ClN2O2/c1-4-2-9-5(3-8-4)6(10)11-7/h2-3H,1H3. The molecule has 11 heavy (non-hydrogen) atoms. The van der Waals surface area contributed by atoms with E-state index in [2.05, 4.69) is 14.3 Å². The van der Waals surface area contributed by atoms with Gasteiger partial charge in [-0.2, -0.15) is 0 Å². The van der Waals surface area contributed by atoms with Gasteiger partial charge in [0.25, 0.3) is 0 Å². The van der Waals surface area contributed by atoms with Crippen molar-refractivity contribution in [2.24, 2.45) is 0 Å². The molecule has 0 saturated carbocycles. The summed E-state index contributed by atoms with van der Waals surface area (Å²) in [7, 11) is 0. The van der Waals surface area contributed by atoms with Gasteiger partial charge in [0, 0.05) is 6.20 Å². The van der Waals surface area contributed by atoms with Crippen LogP contribution in [0.25, 0.3) is 0 Å². The van der Waals surface area contributed by atoms with E-state index in [1.54, 1.807) is 6.92 Å². The van der Waals surface area contributed by atoms with E-state index < -0.39 is 5.97 Å². The summed E-state index contributed by atoms with van der Waals surface area (Å²) in [5.41, 5.74) is 0.835. The predicted octanol–water partition coefficient (Wildman–Crippen LogP) is 1.10. The van der Waals surface area contributed by atoms with E-state index in [1.807, 2.05) is 0 Å². The third kappa shape index (κ3) is 1.88. The van der Waals surface area contributed by atoms with Crippen LogP contribution in [0.4, 0.5) is 0 Å². The van der Waals surface area contributed by atoms with Gasteiger partial charge in [-0.1, -0.05) is 0 Å². The van der Waals surface area contributed by atoms with Crippen molar-refractivity contribution in [1.82, 2.24) is 9.97 Å². The van der Waals surface area contributed by atoms with Crippen LogP contribution in [0.5, 0.6) is 0 Å². The van der Waals surface area contributed by atoms with Crippen molar-refractivity contribution >= 4 is 17.8 Å². The van der Waals surface area contributed by atoms with E-state index >= 15 is 0 Å². The lowest BCUT2D eigenvalue weighted by atomic mass is 10.4. The van der Waals surface area contributed by atoms with Crippen LogP contribution < -0.4 is 0 Å². The molecule has 0 atom stereocenters. The molecule has 0 bridgehead atoms. The summed E-state index contributed by atoms with van der Waals surface area (Å²) in [5.74, 6) is -0.695. The summed E-state index contributed by atoms with van der Waals surface area (Å²) >= 11 is 4.81. The highest BCUT2D eigenvalue weighted by Gasteiger charge is 2.06. The number of aromatic nitrogens is 2. The van der Waals surface area contributed by atoms with E-state index in [-0.39, 0.29) is 5.69 Å². The third-order valence-electron chi connectivity index (χ3n) is 1.06. The Bertz CT molecular complexity index is 260. The van der Waals surface area contributed by atoms with Gasteiger partial charge in [-0.3, -0.25) is 4.98 Å². The molecule has 0 aliphatic carbocycles. The molecule has 5 heteroatoms. The van der Waals surface area contributed by atoms with Gasteiger partial charge >= 0.3 is 5.97 Å². The molecule has 0 aliphatic heterocycles. The zero-order valence-electron chi connectivity index (χ0n) is 5.74. The minimum Gasteiger partial charge on any atom is -0.342 e. The van der Waals surface area contributed by atoms with E-state index in [0.717, 1.165) is 5.69 Å². The average molecular weight is 173 g/mol. The normalized spacial score (nSPS) is 9.27. The summed E-state index contributed by atoms with van der Waals surface area (Å²) in [6.07, 6.45) is 2.77. The molecule has 0 fully saturated rings. The summed E-state index contributed by atoms with van der Waals surface area (Å²) in [5, 5.41) is 0. The number of hydrogen-bond donors (Lipinski definition) is 0. The molecule has 58 valence electrons. The average Bonchev–Trinajstić information content (AvgIpc) is 2.05.